The number of rotatable bonds is 7. The predicted molar refractivity (Wildman–Crippen MR) is 81.3 cm³/mol. The maximum absolute atomic E-state index is 12.2. The zero-order valence-electron chi connectivity index (χ0n) is 12.5. The summed E-state index contributed by atoms with van der Waals surface area (Å²) in [6.45, 7) is 0.996. The first kappa shape index (κ1) is 16.9. The fourth-order valence-electron chi connectivity index (χ4n) is 1.93. The van der Waals surface area contributed by atoms with Crippen LogP contribution in [0.3, 0.4) is 0 Å². The molecule has 0 saturated heterocycles. The number of aromatic nitrogens is 3. The monoisotopic (exact) mass is 339 g/mol. The number of methoxy groups -OCH3 is 1. The van der Waals surface area contributed by atoms with Crippen LogP contribution in [0.25, 0.3) is 0 Å². The van der Waals surface area contributed by atoms with E-state index in [1.165, 1.54) is 31.6 Å². The van der Waals surface area contributed by atoms with Crippen LogP contribution in [-0.2, 0) is 16.6 Å². The van der Waals surface area contributed by atoms with Gasteiger partial charge in [0, 0.05) is 13.1 Å². The van der Waals surface area contributed by atoms with Gasteiger partial charge in [-0.05, 0) is 24.6 Å². The van der Waals surface area contributed by atoms with Crippen molar-refractivity contribution in [3.8, 4) is 5.75 Å². The summed E-state index contributed by atoms with van der Waals surface area (Å²) in [5.74, 6) is -0.169. The van der Waals surface area contributed by atoms with Crippen LogP contribution in [0.1, 0.15) is 16.8 Å². The lowest BCUT2D eigenvalue weighted by Gasteiger charge is -2.10. The van der Waals surface area contributed by atoms with Crippen LogP contribution in [0.2, 0.25) is 0 Å². The van der Waals surface area contributed by atoms with Gasteiger partial charge in [-0.3, -0.25) is 9.48 Å². The van der Waals surface area contributed by atoms with Crippen molar-refractivity contribution in [2.45, 2.75) is 17.9 Å². The molecule has 2 rings (SSSR count). The van der Waals surface area contributed by atoms with Crippen LogP contribution >= 0.6 is 0 Å². The Balaban J connectivity index is 2.02. The van der Waals surface area contributed by atoms with Crippen LogP contribution < -0.4 is 15.2 Å². The quantitative estimate of drug-likeness (QED) is 0.669. The summed E-state index contributed by atoms with van der Waals surface area (Å²) in [7, 11) is -2.50. The number of nitrogens with zero attached hydrogens (tertiary/aromatic N) is 3. The van der Waals surface area contributed by atoms with Crippen molar-refractivity contribution in [2.24, 2.45) is 5.14 Å². The number of nitrogens with two attached hydrogens (primary N) is 1. The van der Waals surface area contributed by atoms with Gasteiger partial charge in [0.05, 0.1) is 17.6 Å². The molecular weight excluding hydrogens is 322 g/mol. The van der Waals surface area contributed by atoms with E-state index in [0.29, 0.717) is 19.5 Å². The standard InChI is InChI=1S/C13H17N5O4S/c1-22-12-4-3-10(23(14,20)21)7-11(12)13(19)16-5-2-6-18-9-15-8-17-18/h3-4,7-9H,2,5-6H2,1H3,(H,16,19)(H2,14,20,21). The summed E-state index contributed by atoms with van der Waals surface area (Å²) in [6, 6.07) is 3.88. The van der Waals surface area contributed by atoms with Crippen molar-refractivity contribution in [3.63, 3.8) is 0 Å². The molecule has 10 heteroatoms. The second kappa shape index (κ2) is 7.20. The average molecular weight is 339 g/mol. The molecule has 0 aliphatic rings. The molecule has 0 aliphatic heterocycles. The zero-order valence-corrected chi connectivity index (χ0v) is 13.3. The fourth-order valence-corrected chi connectivity index (χ4v) is 2.47. The van der Waals surface area contributed by atoms with Crippen LogP contribution in [0.15, 0.2) is 35.7 Å². The summed E-state index contributed by atoms with van der Waals surface area (Å²) >= 11 is 0. The van der Waals surface area contributed by atoms with Crippen LogP contribution in [0.5, 0.6) is 5.75 Å². The first-order valence-electron chi connectivity index (χ1n) is 6.73. The molecule has 0 bridgehead atoms. The molecule has 2 aromatic rings. The van der Waals surface area contributed by atoms with E-state index in [0.717, 1.165) is 0 Å². The highest BCUT2D eigenvalue weighted by Gasteiger charge is 2.17. The lowest BCUT2D eigenvalue weighted by molar-refractivity contribution is 0.0949. The van der Waals surface area contributed by atoms with E-state index < -0.39 is 15.9 Å². The van der Waals surface area contributed by atoms with Crippen LogP contribution in [-0.4, -0.2) is 42.7 Å². The minimum absolute atomic E-state index is 0.111. The lowest BCUT2D eigenvalue weighted by Crippen LogP contribution is -2.26. The lowest BCUT2D eigenvalue weighted by atomic mass is 10.2. The van der Waals surface area contributed by atoms with Crippen LogP contribution in [0, 0.1) is 0 Å². The van der Waals surface area contributed by atoms with E-state index in [9.17, 15) is 13.2 Å². The van der Waals surface area contributed by atoms with Crippen molar-refractivity contribution in [1.82, 2.24) is 20.1 Å². The van der Waals surface area contributed by atoms with Gasteiger partial charge < -0.3 is 10.1 Å². The summed E-state index contributed by atoms with van der Waals surface area (Å²) in [4.78, 5) is 15.9. The van der Waals surface area contributed by atoms with E-state index >= 15 is 0 Å². The van der Waals surface area contributed by atoms with Gasteiger partial charge in [-0.1, -0.05) is 0 Å². The Morgan fingerprint density at radius 3 is 2.83 bits per heavy atom. The van der Waals surface area contributed by atoms with Crippen molar-refractivity contribution in [3.05, 3.63) is 36.4 Å². The van der Waals surface area contributed by atoms with E-state index in [1.54, 1.807) is 11.0 Å². The number of nitrogens with one attached hydrogen (secondary N) is 1. The number of carbonyl (C=O) groups excluding carboxylic acids is 1. The van der Waals surface area contributed by atoms with Crippen molar-refractivity contribution in [2.75, 3.05) is 13.7 Å². The summed E-state index contributed by atoms with van der Waals surface area (Å²) in [5, 5.41) is 11.7. The molecule has 23 heavy (non-hydrogen) atoms. The first-order chi connectivity index (χ1) is 10.9. The maximum Gasteiger partial charge on any atom is 0.255 e. The first-order valence-corrected chi connectivity index (χ1v) is 8.28. The molecule has 124 valence electrons. The summed E-state index contributed by atoms with van der Waals surface area (Å²) in [6.07, 6.45) is 3.66. The number of hydrogen-bond acceptors (Lipinski definition) is 6. The highest BCUT2D eigenvalue weighted by atomic mass is 32.2. The normalized spacial score (nSPS) is 11.2. The number of hydrogen-bond donors (Lipinski definition) is 2. The van der Waals surface area contributed by atoms with Gasteiger partial charge in [-0.2, -0.15) is 5.10 Å². The van der Waals surface area contributed by atoms with E-state index in [1.807, 2.05) is 0 Å². The highest BCUT2D eigenvalue weighted by molar-refractivity contribution is 7.89. The molecule has 0 atom stereocenters. The van der Waals surface area contributed by atoms with Gasteiger partial charge in [0.15, 0.2) is 0 Å². The number of amides is 1. The summed E-state index contributed by atoms with van der Waals surface area (Å²) < 4.78 is 29.5. The molecule has 0 unspecified atom stereocenters. The molecule has 3 N–H and O–H groups in total. The molecule has 0 spiro atoms. The minimum Gasteiger partial charge on any atom is -0.496 e. The van der Waals surface area contributed by atoms with Crippen LogP contribution in [0.4, 0.5) is 0 Å². The molecule has 0 aliphatic carbocycles. The SMILES string of the molecule is COc1ccc(S(N)(=O)=O)cc1C(=O)NCCCn1cncn1. The third-order valence-corrected chi connectivity index (χ3v) is 3.97. The largest absolute Gasteiger partial charge is 0.496 e. The van der Waals surface area contributed by atoms with E-state index in [2.05, 4.69) is 15.4 Å². The number of sulfonamides is 1. The number of benzene rings is 1. The molecule has 0 saturated carbocycles. The number of ether oxygens (including phenoxy) is 1. The predicted octanol–water partition coefficient (Wildman–Crippen LogP) is -0.246. The Morgan fingerprint density at radius 2 is 2.22 bits per heavy atom. The van der Waals surface area contributed by atoms with E-state index in [4.69, 9.17) is 9.88 Å². The van der Waals surface area contributed by atoms with Gasteiger partial charge in [0.1, 0.15) is 18.4 Å². The molecule has 1 amide bonds. The topological polar surface area (TPSA) is 129 Å². The zero-order chi connectivity index (χ0) is 16.9. The van der Waals surface area contributed by atoms with Gasteiger partial charge >= 0.3 is 0 Å². The summed E-state index contributed by atoms with van der Waals surface area (Å²) in [5.41, 5.74) is 0.111. The van der Waals surface area contributed by atoms with Gasteiger partial charge in [0.25, 0.3) is 5.91 Å². The Labute approximate surface area is 133 Å². The molecule has 1 aromatic heterocycles. The smallest absolute Gasteiger partial charge is 0.255 e. The molecule has 1 aromatic carbocycles. The molecule has 1 heterocycles. The Hall–Kier alpha value is -2.46. The average Bonchev–Trinajstić information content (AvgIpc) is 3.03. The van der Waals surface area contributed by atoms with E-state index in [-0.39, 0.29) is 16.2 Å². The van der Waals surface area contributed by atoms with Crippen molar-refractivity contribution >= 4 is 15.9 Å². The number of primary sulfonamides is 1. The number of carbonyl (C=O) groups is 1. The molecule has 9 nitrogen and oxygen atoms in total. The Kier molecular flexibility index (Phi) is 5.29. The fraction of sp³-hybridized carbons (Fsp3) is 0.308. The van der Waals surface area contributed by atoms with Gasteiger partial charge in [0.2, 0.25) is 10.0 Å². The minimum atomic E-state index is -3.89. The Morgan fingerprint density at radius 1 is 1.43 bits per heavy atom. The molecular formula is C13H17N5O4S. The third-order valence-electron chi connectivity index (χ3n) is 3.06. The van der Waals surface area contributed by atoms with Gasteiger partial charge in [-0.25, -0.2) is 18.5 Å². The van der Waals surface area contributed by atoms with Crippen molar-refractivity contribution in [1.29, 1.82) is 0 Å². The van der Waals surface area contributed by atoms with Gasteiger partial charge in [-0.15, -0.1) is 0 Å². The third kappa shape index (κ3) is 4.50. The second-order valence-corrected chi connectivity index (χ2v) is 6.24. The molecule has 0 fully saturated rings. The maximum atomic E-state index is 12.2. The number of aryl methyl sites for hydroxylation is 1. The molecule has 0 radical (unpaired) electrons. The Bertz CT molecular complexity index is 774. The highest BCUT2D eigenvalue weighted by Crippen LogP contribution is 2.21. The van der Waals surface area contributed by atoms with Crippen molar-refractivity contribution < 1.29 is 17.9 Å². The second-order valence-electron chi connectivity index (χ2n) is 4.68.